The maximum Gasteiger partial charge on any atom is 0.177 e. The van der Waals surface area contributed by atoms with Crippen molar-refractivity contribution in [2.75, 3.05) is 0 Å². The van der Waals surface area contributed by atoms with Gasteiger partial charge in [0.25, 0.3) is 0 Å². The Morgan fingerprint density at radius 1 is 1.38 bits per heavy atom. The van der Waals surface area contributed by atoms with Crippen LogP contribution in [0, 0.1) is 11.3 Å². The van der Waals surface area contributed by atoms with Crippen molar-refractivity contribution in [1.82, 2.24) is 4.98 Å². The number of nitrogens with zero attached hydrogens (tertiary/aromatic N) is 2. The number of pyridine rings is 1. The van der Waals surface area contributed by atoms with E-state index in [4.69, 9.17) is 9.68 Å². The minimum Gasteiger partial charge on any atom is -0.503 e. The number of aromatic nitrogens is 1. The average molecular weight is 212 g/mol. The van der Waals surface area contributed by atoms with Crippen LogP contribution in [0.25, 0.3) is 11.3 Å². The van der Waals surface area contributed by atoms with E-state index in [0.717, 1.165) is 0 Å². The summed E-state index contributed by atoms with van der Waals surface area (Å²) in [6.45, 7) is 0. The largest absolute Gasteiger partial charge is 0.503 e. The van der Waals surface area contributed by atoms with Crippen LogP contribution in [0.1, 0.15) is 11.3 Å². The SMILES string of the molecule is N#CC(=C(O)c1ccco1)c1cccnc1. The van der Waals surface area contributed by atoms with Gasteiger partial charge in [0.05, 0.1) is 6.26 Å². The van der Waals surface area contributed by atoms with Gasteiger partial charge in [-0.2, -0.15) is 5.26 Å². The third-order valence-electron chi connectivity index (χ3n) is 2.05. The number of aliphatic hydroxyl groups excluding tert-OH is 1. The summed E-state index contributed by atoms with van der Waals surface area (Å²) in [7, 11) is 0. The lowest BCUT2D eigenvalue weighted by Crippen LogP contribution is -1.89. The number of aliphatic hydroxyl groups is 1. The summed E-state index contributed by atoms with van der Waals surface area (Å²) in [5.74, 6) is 0.0842. The van der Waals surface area contributed by atoms with Crippen molar-refractivity contribution in [3.05, 3.63) is 54.2 Å². The molecule has 16 heavy (non-hydrogen) atoms. The highest BCUT2D eigenvalue weighted by molar-refractivity contribution is 5.92. The average Bonchev–Trinajstić information content (AvgIpc) is 2.85. The van der Waals surface area contributed by atoms with E-state index >= 15 is 0 Å². The van der Waals surface area contributed by atoms with E-state index in [1.54, 1.807) is 30.5 Å². The van der Waals surface area contributed by atoms with Crippen molar-refractivity contribution < 1.29 is 9.52 Å². The molecule has 0 aliphatic heterocycles. The second-order valence-electron chi connectivity index (χ2n) is 3.05. The number of nitriles is 1. The molecule has 0 aliphatic rings. The highest BCUT2D eigenvalue weighted by Crippen LogP contribution is 2.23. The van der Waals surface area contributed by atoms with Crippen LogP contribution in [-0.4, -0.2) is 10.1 Å². The van der Waals surface area contributed by atoms with Crippen LogP contribution >= 0.6 is 0 Å². The standard InChI is InChI=1S/C12H8N2O2/c13-7-10(9-3-1-5-14-8-9)12(15)11-4-2-6-16-11/h1-6,8,15H. The zero-order chi connectivity index (χ0) is 11.4. The smallest absolute Gasteiger partial charge is 0.177 e. The fourth-order valence-electron chi connectivity index (χ4n) is 1.30. The molecule has 0 saturated heterocycles. The normalized spacial score (nSPS) is 11.7. The van der Waals surface area contributed by atoms with Crippen molar-refractivity contribution in [2.45, 2.75) is 0 Å². The van der Waals surface area contributed by atoms with Crippen molar-refractivity contribution in [1.29, 1.82) is 5.26 Å². The Morgan fingerprint density at radius 3 is 2.81 bits per heavy atom. The van der Waals surface area contributed by atoms with Crippen LogP contribution in [0.15, 0.2) is 47.3 Å². The van der Waals surface area contributed by atoms with Crippen LogP contribution in [0.4, 0.5) is 0 Å². The summed E-state index contributed by atoms with van der Waals surface area (Å²) < 4.78 is 5.02. The van der Waals surface area contributed by atoms with Gasteiger partial charge < -0.3 is 9.52 Å². The van der Waals surface area contributed by atoms with Gasteiger partial charge >= 0.3 is 0 Å². The lowest BCUT2D eigenvalue weighted by Gasteiger charge is -2.00. The molecule has 0 amide bonds. The molecule has 0 atom stereocenters. The summed E-state index contributed by atoms with van der Waals surface area (Å²) in [4.78, 5) is 3.89. The van der Waals surface area contributed by atoms with Gasteiger partial charge in [0, 0.05) is 18.0 Å². The lowest BCUT2D eigenvalue weighted by molar-refractivity contribution is 0.461. The molecule has 0 saturated carbocycles. The quantitative estimate of drug-likeness (QED) is 0.613. The van der Waals surface area contributed by atoms with Crippen LogP contribution in [-0.2, 0) is 0 Å². The van der Waals surface area contributed by atoms with Crippen molar-refractivity contribution in [2.24, 2.45) is 0 Å². The highest BCUT2D eigenvalue weighted by atomic mass is 16.4. The summed E-state index contributed by atoms with van der Waals surface area (Å²) in [5.41, 5.74) is 0.696. The number of hydrogen-bond acceptors (Lipinski definition) is 4. The Hall–Kier alpha value is -2.54. The summed E-state index contributed by atoms with van der Waals surface area (Å²) in [5, 5.41) is 18.9. The zero-order valence-electron chi connectivity index (χ0n) is 8.29. The van der Waals surface area contributed by atoms with E-state index < -0.39 is 0 Å². The van der Waals surface area contributed by atoms with Crippen molar-refractivity contribution in [3.63, 3.8) is 0 Å². The molecule has 0 spiro atoms. The topological polar surface area (TPSA) is 70.0 Å². The van der Waals surface area contributed by atoms with Crippen molar-refractivity contribution in [3.8, 4) is 6.07 Å². The maximum atomic E-state index is 9.86. The van der Waals surface area contributed by atoms with E-state index in [-0.39, 0.29) is 17.1 Å². The Bertz CT molecular complexity index is 536. The first-order chi connectivity index (χ1) is 7.83. The van der Waals surface area contributed by atoms with Crippen LogP contribution < -0.4 is 0 Å². The Labute approximate surface area is 92.1 Å². The minimum atomic E-state index is -0.180. The zero-order valence-corrected chi connectivity index (χ0v) is 8.29. The number of hydrogen-bond donors (Lipinski definition) is 1. The molecule has 1 N–H and O–H groups in total. The highest BCUT2D eigenvalue weighted by Gasteiger charge is 2.12. The Balaban J connectivity index is 2.52. The molecular weight excluding hydrogens is 204 g/mol. The van der Waals surface area contributed by atoms with Gasteiger partial charge in [0.1, 0.15) is 11.6 Å². The monoisotopic (exact) mass is 212 g/mol. The molecule has 2 aromatic heterocycles. The van der Waals surface area contributed by atoms with Crippen LogP contribution in [0.3, 0.4) is 0 Å². The van der Waals surface area contributed by atoms with Crippen molar-refractivity contribution >= 4 is 11.3 Å². The van der Waals surface area contributed by atoms with Gasteiger partial charge in [-0.3, -0.25) is 4.98 Å². The molecular formula is C12H8N2O2. The third-order valence-corrected chi connectivity index (χ3v) is 2.05. The molecule has 0 aliphatic carbocycles. The van der Waals surface area contributed by atoms with Gasteiger partial charge in [-0.15, -0.1) is 0 Å². The predicted octanol–water partition coefficient (Wildman–Crippen LogP) is 2.62. The van der Waals surface area contributed by atoms with Gasteiger partial charge in [0.15, 0.2) is 11.5 Å². The molecule has 2 heterocycles. The second-order valence-corrected chi connectivity index (χ2v) is 3.05. The van der Waals surface area contributed by atoms with E-state index in [9.17, 15) is 5.11 Å². The van der Waals surface area contributed by atoms with Gasteiger partial charge in [-0.25, -0.2) is 0 Å². The first-order valence-electron chi connectivity index (χ1n) is 4.60. The van der Waals surface area contributed by atoms with Crippen LogP contribution in [0.2, 0.25) is 0 Å². The number of rotatable bonds is 2. The number of allylic oxidation sites excluding steroid dienone is 1. The fourth-order valence-corrected chi connectivity index (χ4v) is 1.30. The number of furan rings is 1. The van der Waals surface area contributed by atoms with Gasteiger partial charge in [0.2, 0.25) is 0 Å². The molecule has 0 aromatic carbocycles. The lowest BCUT2D eigenvalue weighted by atomic mass is 10.1. The Kier molecular flexibility index (Phi) is 2.70. The molecule has 0 radical (unpaired) electrons. The maximum absolute atomic E-state index is 9.86. The van der Waals surface area contributed by atoms with Crippen LogP contribution in [0.5, 0.6) is 0 Å². The predicted molar refractivity (Wildman–Crippen MR) is 58.0 cm³/mol. The molecule has 4 nitrogen and oxygen atoms in total. The minimum absolute atomic E-state index is 0.142. The first-order valence-corrected chi connectivity index (χ1v) is 4.60. The van der Waals surface area contributed by atoms with E-state index in [1.165, 1.54) is 12.5 Å². The molecule has 0 fully saturated rings. The molecule has 78 valence electrons. The summed E-state index contributed by atoms with van der Waals surface area (Å²) >= 11 is 0. The fraction of sp³-hybridized carbons (Fsp3) is 0. The molecule has 0 unspecified atom stereocenters. The van der Waals surface area contributed by atoms with E-state index in [1.807, 2.05) is 6.07 Å². The van der Waals surface area contributed by atoms with E-state index in [2.05, 4.69) is 4.98 Å². The van der Waals surface area contributed by atoms with E-state index in [0.29, 0.717) is 5.56 Å². The second kappa shape index (κ2) is 4.32. The Morgan fingerprint density at radius 2 is 2.25 bits per heavy atom. The first kappa shape index (κ1) is 9.99. The summed E-state index contributed by atoms with van der Waals surface area (Å²) in [6, 6.07) is 8.56. The summed E-state index contributed by atoms with van der Waals surface area (Å²) in [6.07, 6.45) is 4.55. The molecule has 4 heteroatoms. The molecule has 0 bridgehead atoms. The molecule has 2 aromatic rings. The van der Waals surface area contributed by atoms with Gasteiger partial charge in [-0.05, 0) is 18.2 Å². The third kappa shape index (κ3) is 1.79. The van der Waals surface area contributed by atoms with Gasteiger partial charge in [-0.1, -0.05) is 6.07 Å². The molecule has 2 rings (SSSR count).